The third kappa shape index (κ3) is 2.80. The molecule has 0 spiro atoms. The first-order chi connectivity index (χ1) is 12.6. The summed E-state index contributed by atoms with van der Waals surface area (Å²) in [6, 6.07) is 0. The smallest absolute Gasteiger partial charge is 0.114 e. The van der Waals surface area contributed by atoms with E-state index in [-0.39, 0.29) is 0 Å². The van der Waals surface area contributed by atoms with Crippen LogP contribution in [0.1, 0.15) is 55.6 Å². The monoisotopic (exact) mass is 361 g/mol. The third-order valence-corrected chi connectivity index (χ3v) is 6.94. The van der Waals surface area contributed by atoms with Crippen LogP contribution in [0, 0.1) is 69.2 Å². The van der Waals surface area contributed by atoms with E-state index in [9.17, 15) is 0 Å². The lowest BCUT2D eigenvalue weighted by Gasteiger charge is -2.18. The molecule has 0 aliphatic carbocycles. The van der Waals surface area contributed by atoms with E-state index in [1.54, 1.807) is 0 Å². The van der Waals surface area contributed by atoms with Crippen molar-refractivity contribution >= 4 is 0 Å². The minimum absolute atomic E-state index is 0.950. The van der Waals surface area contributed by atoms with Gasteiger partial charge < -0.3 is 0 Å². The van der Waals surface area contributed by atoms with Crippen molar-refractivity contribution in [1.82, 2.24) is 15.0 Å². The van der Waals surface area contributed by atoms with Gasteiger partial charge in [0.2, 0.25) is 0 Å². The summed E-state index contributed by atoms with van der Waals surface area (Å²) in [5.74, 6) is 0. The van der Waals surface area contributed by atoms with Crippen LogP contribution in [-0.2, 0) is 0 Å². The fourth-order valence-corrected chi connectivity index (χ4v) is 4.20. The molecule has 3 aromatic rings. The second-order valence-corrected chi connectivity index (χ2v) is 8.02. The van der Waals surface area contributed by atoms with E-state index in [1.165, 1.54) is 61.2 Å². The zero-order valence-corrected chi connectivity index (χ0v) is 18.4. The number of nitrogens with zero attached hydrogens (tertiary/aromatic N) is 3. The van der Waals surface area contributed by atoms with Gasteiger partial charge in [0.05, 0.1) is 11.9 Å². The SMILES string of the molecule is Cc1c(C)c(C)c(-c2cn(-c3c(C)c(C)c(C)c(C)c3C)nn2)c(C)c1C. The Bertz CT molecular complexity index is 926. The molecule has 0 N–H and O–H groups in total. The lowest BCUT2D eigenvalue weighted by Crippen LogP contribution is -2.06. The van der Waals surface area contributed by atoms with Gasteiger partial charge in [0.25, 0.3) is 0 Å². The highest BCUT2D eigenvalue weighted by Gasteiger charge is 2.19. The van der Waals surface area contributed by atoms with Crippen molar-refractivity contribution in [3.63, 3.8) is 0 Å². The van der Waals surface area contributed by atoms with Gasteiger partial charge >= 0.3 is 0 Å². The Labute approximate surface area is 163 Å². The fourth-order valence-electron chi connectivity index (χ4n) is 4.20. The molecule has 0 saturated heterocycles. The lowest BCUT2D eigenvalue weighted by atomic mass is 9.88. The number of hydrogen-bond acceptors (Lipinski definition) is 2. The Morgan fingerprint density at radius 1 is 0.519 bits per heavy atom. The number of benzene rings is 2. The number of hydrogen-bond donors (Lipinski definition) is 0. The lowest BCUT2D eigenvalue weighted by molar-refractivity contribution is 0.790. The van der Waals surface area contributed by atoms with Gasteiger partial charge in [-0.15, -0.1) is 5.10 Å². The van der Waals surface area contributed by atoms with Crippen LogP contribution >= 0.6 is 0 Å². The highest BCUT2D eigenvalue weighted by Crippen LogP contribution is 2.34. The average molecular weight is 362 g/mol. The second-order valence-electron chi connectivity index (χ2n) is 8.02. The first-order valence-corrected chi connectivity index (χ1v) is 9.64. The Morgan fingerprint density at radius 2 is 0.889 bits per heavy atom. The van der Waals surface area contributed by atoms with Crippen molar-refractivity contribution in [1.29, 1.82) is 0 Å². The molecular weight excluding hydrogens is 330 g/mol. The summed E-state index contributed by atoms with van der Waals surface area (Å²) in [6.07, 6.45) is 2.09. The normalized spacial score (nSPS) is 11.3. The molecule has 0 atom stereocenters. The first-order valence-electron chi connectivity index (χ1n) is 9.64. The quantitative estimate of drug-likeness (QED) is 0.559. The van der Waals surface area contributed by atoms with Crippen LogP contribution in [0.4, 0.5) is 0 Å². The summed E-state index contributed by atoms with van der Waals surface area (Å²) in [7, 11) is 0. The molecule has 3 heteroatoms. The predicted molar refractivity (Wildman–Crippen MR) is 114 cm³/mol. The molecule has 0 radical (unpaired) electrons. The van der Waals surface area contributed by atoms with Crippen LogP contribution < -0.4 is 0 Å². The van der Waals surface area contributed by atoms with E-state index in [0.29, 0.717) is 0 Å². The summed E-state index contributed by atoms with van der Waals surface area (Å²) in [5, 5.41) is 9.10. The topological polar surface area (TPSA) is 30.7 Å². The van der Waals surface area contributed by atoms with Gasteiger partial charge in [0.15, 0.2) is 0 Å². The highest BCUT2D eigenvalue weighted by molar-refractivity contribution is 5.72. The molecule has 1 aromatic heterocycles. The molecule has 0 unspecified atom stereocenters. The molecule has 0 fully saturated rings. The van der Waals surface area contributed by atoms with E-state index in [4.69, 9.17) is 0 Å². The van der Waals surface area contributed by atoms with Gasteiger partial charge in [-0.25, -0.2) is 4.68 Å². The van der Waals surface area contributed by atoms with Crippen LogP contribution in [-0.4, -0.2) is 15.0 Å². The molecule has 0 saturated carbocycles. The zero-order chi connectivity index (χ0) is 20.2. The van der Waals surface area contributed by atoms with Gasteiger partial charge in [0.1, 0.15) is 5.69 Å². The average Bonchev–Trinajstić information content (AvgIpc) is 3.11. The Balaban J connectivity index is 2.25. The van der Waals surface area contributed by atoms with Crippen molar-refractivity contribution in [2.45, 2.75) is 69.2 Å². The Hall–Kier alpha value is -2.42. The highest BCUT2D eigenvalue weighted by atomic mass is 15.4. The minimum atomic E-state index is 0.950. The van der Waals surface area contributed by atoms with Crippen LogP contribution in [0.3, 0.4) is 0 Å². The third-order valence-electron chi connectivity index (χ3n) is 6.94. The van der Waals surface area contributed by atoms with Crippen LogP contribution in [0.2, 0.25) is 0 Å². The number of aromatic nitrogens is 3. The first kappa shape index (κ1) is 19.3. The molecule has 3 nitrogen and oxygen atoms in total. The standard InChI is InChI=1S/C24H31N3/c1-12-14(3)18(7)23(19(8)15(12)4)22-11-27(26-25-22)24-20(9)16(5)13(2)17(6)21(24)10/h11H,1-10H3. The van der Waals surface area contributed by atoms with Gasteiger partial charge in [-0.2, -0.15) is 0 Å². The zero-order valence-electron chi connectivity index (χ0n) is 18.4. The van der Waals surface area contributed by atoms with Gasteiger partial charge in [-0.3, -0.25) is 0 Å². The largest absolute Gasteiger partial charge is 0.220 e. The predicted octanol–water partition coefficient (Wildman–Crippen LogP) is 6.02. The van der Waals surface area contributed by atoms with Crippen molar-refractivity contribution in [3.8, 4) is 16.9 Å². The molecule has 1 heterocycles. The van der Waals surface area contributed by atoms with Gasteiger partial charge in [-0.05, 0) is 125 Å². The fraction of sp³-hybridized carbons (Fsp3) is 0.417. The maximum atomic E-state index is 4.57. The van der Waals surface area contributed by atoms with Crippen molar-refractivity contribution in [2.24, 2.45) is 0 Å². The molecule has 3 rings (SSSR count). The molecule has 27 heavy (non-hydrogen) atoms. The van der Waals surface area contributed by atoms with Crippen LogP contribution in [0.5, 0.6) is 0 Å². The molecule has 0 amide bonds. The van der Waals surface area contributed by atoms with Crippen LogP contribution in [0.15, 0.2) is 6.20 Å². The van der Waals surface area contributed by atoms with Crippen molar-refractivity contribution in [2.75, 3.05) is 0 Å². The van der Waals surface area contributed by atoms with E-state index in [0.717, 1.165) is 11.4 Å². The minimum Gasteiger partial charge on any atom is -0.220 e. The molecule has 142 valence electrons. The molecule has 0 aliphatic heterocycles. The van der Waals surface area contributed by atoms with Gasteiger partial charge in [0, 0.05) is 5.56 Å². The van der Waals surface area contributed by atoms with E-state index >= 15 is 0 Å². The Kier molecular flexibility index (Phi) is 4.75. The van der Waals surface area contributed by atoms with Crippen LogP contribution in [0.25, 0.3) is 16.9 Å². The Morgan fingerprint density at radius 3 is 1.33 bits per heavy atom. The van der Waals surface area contributed by atoms with E-state index in [2.05, 4.69) is 85.7 Å². The summed E-state index contributed by atoms with van der Waals surface area (Å²) < 4.78 is 1.96. The second kappa shape index (κ2) is 6.63. The maximum absolute atomic E-state index is 4.57. The molecule has 0 aliphatic rings. The van der Waals surface area contributed by atoms with E-state index < -0.39 is 0 Å². The van der Waals surface area contributed by atoms with Crippen molar-refractivity contribution in [3.05, 3.63) is 61.8 Å². The summed E-state index contributed by atoms with van der Waals surface area (Å²) in [6.45, 7) is 21.9. The van der Waals surface area contributed by atoms with E-state index in [1.807, 2.05) is 4.68 Å². The number of rotatable bonds is 2. The molecular formula is C24H31N3. The van der Waals surface area contributed by atoms with Crippen molar-refractivity contribution < 1.29 is 0 Å². The summed E-state index contributed by atoms with van der Waals surface area (Å²) in [4.78, 5) is 0. The summed E-state index contributed by atoms with van der Waals surface area (Å²) >= 11 is 0. The molecule has 0 bridgehead atoms. The maximum Gasteiger partial charge on any atom is 0.114 e. The summed E-state index contributed by atoms with van der Waals surface area (Å²) in [5.41, 5.74) is 16.6. The molecule has 2 aromatic carbocycles. The van der Waals surface area contributed by atoms with Gasteiger partial charge in [-0.1, -0.05) is 5.21 Å².